The van der Waals surface area contributed by atoms with E-state index < -0.39 is 10.0 Å². The van der Waals surface area contributed by atoms with E-state index in [1.807, 2.05) is 24.3 Å². The Morgan fingerprint density at radius 3 is 2.60 bits per heavy atom. The Morgan fingerprint density at radius 2 is 1.77 bits per heavy atom. The minimum atomic E-state index is -3.75. The van der Waals surface area contributed by atoms with E-state index in [1.165, 1.54) is 6.07 Å². The summed E-state index contributed by atoms with van der Waals surface area (Å²) in [6, 6.07) is 18.6. The van der Waals surface area contributed by atoms with Gasteiger partial charge < -0.3 is 9.88 Å². The number of carbonyl (C=O) groups excluding carboxylic acids is 1. The van der Waals surface area contributed by atoms with Crippen LogP contribution in [0.2, 0.25) is 0 Å². The molecule has 0 unspecified atom stereocenters. The number of benzene rings is 3. The van der Waals surface area contributed by atoms with Crippen LogP contribution in [-0.2, 0) is 27.8 Å². The van der Waals surface area contributed by atoms with Gasteiger partial charge in [-0.1, -0.05) is 18.2 Å². The van der Waals surface area contributed by atoms with Crippen LogP contribution in [0, 0.1) is 0 Å². The Balaban J connectivity index is 1.53. The van der Waals surface area contributed by atoms with Gasteiger partial charge in [0, 0.05) is 46.1 Å². The van der Waals surface area contributed by atoms with Crippen LogP contribution in [0.5, 0.6) is 0 Å². The van der Waals surface area contributed by atoms with Crippen LogP contribution >= 0.6 is 0 Å². The van der Waals surface area contributed by atoms with Gasteiger partial charge in [0.15, 0.2) is 0 Å². The van der Waals surface area contributed by atoms with Gasteiger partial charge in [-0.3, -0.25) is 9.52 Å². The second-order valence-electron chi connectivity index (χ2n) is 7.47. The highest BCUT2D eigenvalue weighted by Gasteiger charge is 2.20. The minimum Gasteiger partial charge on any atom is -0.341 e. The molecule has 0 spiro atoms. The third-order valence-electron chi connectivity index (χ3n) is 5.62. The van der Waals surface area contributed by atoms with Crippen molar-refractivity contribution in [1.29, 1.82) is 0 Å². The van der Waals surface area contributed by atoms with Gasteiger partial charge in [-0.2, -0.15) is 0 Å². The van der Waals surface area contributed by atoms with Crippen molar-refractivity contribution in [3.63, 3.8) is 0 Å². The molecule has 2 N–H and O–H groups in total. The van der Waals surface area contributed by atoms with Crippen LogP contribution in [0.25, 0.3) is 21.8 Å². The van der Waals surface area contributed by atoms with Crippen LogP contribution in [0.3, 0.4) is 0 Å². The van der Waals surface area contributed by atoms with Crippen molar-refractivity contribution in [2.75, 3.05) is 10.0 Å². The molecule has 3 aromatic carbocycles. The van der Waals surface area contributed by atoms with Crippen LogP contribution in [0.1, 0.15) is 18.9 Å². The zero-order valence-corrected chi connectivity index (χ0v) is 17.3. The molecule has 1 aliphatic heterocycles. The third-order valence-corrected chi connectivity index (χ3v) is 7.00. The molecule has 7 heteroatoms. The number of para-hydroxylation sites is 1. The van der Waals surface area contributed by atoms with Crippen molar-refractivity contribution in [2.24, 2.45) is 0 Å². The number of amides is 1. The van der Waals surface area contributed by atoms with Gasteiger partial charge >= 0.3 is 0 Å². The average Bonchev–Trinajstić information content (AvgIpc) is 3.06. The van der Waals surface area contributed by atoms with Gasteiger partial charge in [-0.15, -0.1) is 0 Å². The van der Waals surface area contributed by atoms with Crippen molar-refractivity contribution in [1.82, 2.24) is 4.57 Å². The zero-order valence-electron chi connectivity index (χ0n) is 16.5. The predicted octanol–water partition coefficient (Wildman–Crippen LogP) is 4.50. The fraction of sp³-hybridized carbons (Fsp3) is 0.174. The van der Waals surface area contributed by atoms with Gasteiger partial charge in [0.05, 0.1) is 4.90 Å². The van der Waals surface area contributed by atoms with Gasteiger partial charge in [-0.05, 0) is 61.4 Å². The van der Waals surface area contributed by atoms with E-state index in [9.17, 15) is 13.2 Å². The fourth-order valence-electron chi connectivity index (χ4n) is 4.20. The molecule has 1 aliphatic rings. The monoisotopic (exact) mass is 419 g/mol. The highest BCUT2D eigenvalue weighted by Crippen LogP contribution is 2.32. The number of aromatic nitrogens is 1. The lowest BCUT2D eigenvalue weighted by Crippen LogP contribution is -2.20. The number of rotatable bonds is 4. The first-order valence-electron chi connectivity index (χ1n) is 9.93. The van der Waals surface area contributed by atoms with Crippen molar-refractivity contribution in [3.05, 3.63) is 66.2 Å². The smallest absolute Gasteiger partial charge is 0.261 e. The largest absolute Gasteiger partial charge is 0.341 e. The van der Waals surface area contributed by atoms with E-state index in [4.69, 9.17) is 0 Å². The molecule has 0 aliphatic carbocycles. The molecule has 1 aromatic heterocycles. The number of aryl methyl sites for hydroxylation is 2. The third kappa shape index (κ3) is 3.02. The Kier molecular flexibility index (Phi) is 4.29. The number of carbonyl (C=O) groups is 1. The highest BCUT2D eigenvalue weighted by atomic mass is 32.2. The average molecular weight is 420 g/mol. The quantitative estimate of drug-likeness (QED) is 0.511. The molecule has 0 fully saturated rings. The van der Waals surface area contributed by atoms with E-state index in [0.717, 1.165) is 33.9 Å². The summed E-state index contributed by atoms with van der Waals surface area (Å²) in [5.41, 5.74) is 4.24. The van der Waals surface area contributed by atoms with Crippen molar-refractivity contribution in [3.8, 4) is 0 Å². The summed E-state index contributed by atoms with van der Waals surface area (Å²) in [6.07, 6.45) is 0.898. The van der Waals surface area contributed by atoms with Crippen molar-refractivity contribution >= 4 is 49.1 Å². The number of sulfonamides is 1. The maximum atomic E-state index is 13.0. The molecule has 152 valence electrons. The first-order valence-corrected chi connectivity index (χ1v) is 11.4. The minimum absolute atomic E-state index is 0.0456. The standard InChI is InChI=1S/C23H21N3O3S/c1-2-26-21-6-4-3-5-18(21)19-14-16(8-11-22(19)26)25-30(28,29)17-9-10-20-15(13-17)7-12-23(27)24-20/h3-6,8-11,13-14,25H,2,7,12H2,1H3,(H,24,27). The number of fused-ring (bicyclic) bond motifs is 4. The molecular weight excluding hydrogens is 398 g/mol. The number of hydrogen-bond donors (Lipinski definition) is 2. The second kappa shape index (κ2) is 6.88. The van der Waals surface area contributed by atoms with Crippen LogP contribution < -0.4 is 10.0 Å². The summed E-state index contributed by atoms with van der Waals surface area (Å²) in [4.78, 5) is 11.7. The van der Waals surface area contributed by atoms with Gasteiger partial charge in [-0.25, -0.2) is 8.42 Å². The summed E-state index contributed by atoms with van der Waals surface area (Å²) in [7, 11) is -3.75. The molecule has 30 heavy (non-hydrogen) atoms. The van der Waals surface area contributed by atoms with E-state index in [2.05, 4.69) is 33.7 Å². The van der Waals surface area contributed by atoms with Gasteiger partial charge in [0.2, 0.25) is 5.91 Å². The lowest BCUT2D eigenvalue weighted by Gasteiger charge is -2.18. The number of anilines is 2. The van der Waals surface area contributed by atoms with Crippen LogP contribution in [-0.4, -0.2) is 18.9 Å². The first kappa shape index (κ1) is 18.7. The summed E-state index contributed by atoms with van der Waals surface area (Å²) in [5, 5.41) is 4.89. The SMILES string of the molecule is CCn1c2ccccc2c2cc(NS(=O)(=O)c3ccc4c(c3)CCC(=O)N4)ccc21. The molecule has 5 rings (SSSR count). The Bertz CT molecular complexity index is 1420. The summed E-state index contributed by atoms with van der Waals surface area (Å²) in [6.45, 7) is 2.93. The first-order chi connectivity index (χ1) is 14.5. The van der Waals surface area contributed by atoms with E-state index in [0.29, 0.717) is 24.2 Å². The van der Waals surface area contributed by atoms with E-state index in [-0.39, 0.29) is 10.8 Å². The molecule has 4 aromatic rings. The molecule has 0 bridgehead atoms. The summed E-state index contributed by atoms with van der Waals surface area (Å²) in [5.74, 6) is -0.0456. The normalized spacial score (nSPS) is 14.0. The zero-order chi connectivity index (χ0) is 20.9. The lowest BCUT2D eigenvalue weighted by atomic mass is 10.0. The topological polar surface area (TPSA) is 80.2 Å². The molecule has 0 saturated carbocycles. The van der Waals surface area contributed by atoms with Crippen molar-refractivity contribution < 1.29 is 13.2 Å². The summed E-state index contributed by atoms with van der Waals surface area (Å²) < 4.78 is 31.0. The summed E-state index contributed by atoms with van der Waals surface area (Å²) >= 11 is 0. The molecule has 1 amide bonds. The van der Waals surface area contributed by atoms with Crippen LogP contribution in [0.15, 0.2) is 65.6 Å². The van der Waals surface area contributed by atoms with Crippen LogP contribution in [0.4, 0.5) is 11.4 Å². The van der Waals surface area contributed by atoms with Crippen molar-refractivity contribution in [2.45, 2.75) is 31.2 Å². The second-order valence-corrected chi connectivity index (χ2v) is 9.15. The Morgan fingerprint density at radius 1 is 0.967 bits per heavy atom. The maximum absolute atomic E-state index is 13.0. The van der Waals surface area contributed by atoms with Gasteiger partial charge in [0.1, 0.15) is 0 Å². The molecule has 0 radical (unpaired) electrons. The number of nitrogens with one attached hydrogen (secondary N) is 2. The van der Waals surface area contributed by atoms with Gasteiger partial charge in [0.25, 0.3) is 10.0 Å². The number of nitrogens with zero attached hydrogens (tertiary/aromatic N) is 1. The lowest BCUT2D eigenvalue weighted by molar-refractivity contribution is -0.116. The maximum Gasteiger partial charge on any atom is 0.261 e. The molecule has 2 heterocycles. The molecular formula is C23H21N3O3S. The van der Waals surface area contributed by atoms with E-state index in [1.54, 1.807) is 18.2 Å². The van der Waals surface area contributed by atoms with E-state index >= 15 is 0 Å². The Labute approximate surface area is 174 Å². The number of hydrogen-bond acceptors (Lipinski definition) is 3. The Hall–Kier alpha value is -3.32. The molecule has 0 atom stereocenters. The predicted molar refractivity (Wildman–Crippen MR) is 119 cm³/mol. The molecule has 6 nitrogen and oxygen atoms in total. The molecule has 0 saturated heterocycles. The highest BCUT2D eigenvalue weighted by molar-refractivity contribution is 7.92. The fourth-order valence-corrected chi connectivity index (χ4v) is 5.30.